The standard InChI is InChI=1S/C10H8F5NO4/c1-18-8-6(9(17)19-2)5(7(11)12)4(3-16-8)20-10(13,14)15/h3,7H,1-2H3. The van der Waals surface area contributed by atoms with E-state index in [9.17, 15) is 26.7 Å². The van der Waals surface area contributed by atoms with Crippen LogP contribution in [0.3, 0.4) is 0 Å². The number of alkyl halides is 5. The lowest BCUT2D eigenvalue weighted by Crippen LogP contribution is -2.20. The Bertz CT molecular complexity index is 503. The van der Waals surface area contributed by atoms with Crippen LogP contribution in [-0.2, 0) is 4.74 Å². The Kier molecular flexibility index (Phi) is 4.69. The minimum atomic E-state index is -5.21. The number of rotatable bonds is 4. The zero-order chi connectivity index (χ0) is 15.5. The van der Waals surface area contributed by atoms with Crippen LogP contribution in [0.25, 0.3) is 0 Å². The van der Waals surface area contributed by atoms with Crippen LogP contribution in [-0.4, -0.2) is 31.5 Å². The molecular formula is C10H8F5NO4. The molecule has 0 spiro atoms. The van der Waals surface area contributed by atoms with Gasteiger partial charge in [0.2, 0.25) is 5.88 Å². The van der Waals surface area contributed by atoms with Crippen LogP contribution in [0.4, 0.5) is 22.0 Å². The second kappa shape index (κ2) is 5.88. The van der Waals surface area contributed by atoms with Crippen molar-refractivity contribution >= 4 is 5.97 Å². The topological polar surface area (TPSA) is 57.7 Å². The van der Waals surface area contributed by atoms with E-state index in [0.29, 0.717) is 6.20 Å². The van der Waals surface area contributed by atoms with E-state index in [-0.39, 0.29) is 0 Å². The Balaban J connectivity index is 3.51. The van der Waals surface area contributed by atoms with Gasteiger partial charge in [0.1, 0.15) is 5.56 Å². The minimum Gasteiger partial charge on any atom is -0.480 e. The summed E-state index contributed by atoms with van der Waals surface area (Å²) < 4.78 is 74.5. The number of carbonyl (C=O) groups is 1. The molecule has 1 heterocycles. The molecular weight excluding hydrogens is 293 g/mol. The molecule has 0 aliphatic heterocycles. The van der Waals surface area contributed by atoms with E-state index in [2.05, 4.69) is 19.2 Å². The first kappa shape index (κ1) is 15.9. The van der Waals surface area contributed by atoms with Crippen LogP contribution >= 0.6 is 0 Å². The Morgan fingerprint density at radius 3 is 2.30 bits per heavy atom. The van der Waals surface area contributed by atoms with Gasteiger partial charge in [-0.05, 0) is 0 Å². The summed E-state index contributed by atoms with van der Waals surface area (Å²) in [6, 6.07) is 0. The van der Waals surface area contributed by atoms with Crippen molar-refractivity contribution in [1.82, 2.24) is 4.98 Å². The predicted octanol–water partition coefficient (Wildman–Crippen LogP) is 2.71. The van der Waals surface area contributed by atoms with Gasteiger partial charge in [-0.1, -0.05) is 0 Å². The second-order valence-electron chi connectivity index (χ2n) is 3.26. The number of halogens is 5. The van der Waals surface area contributed by atoms with Crippen molar-refractivity contribution in [3.63, 3.8) is 0 Å². The lowest BCUT2D eigenvalue weighted by Gasteiger charge is -2.16. The van der Waals surface area contributed by atoms with Gasteiger partial charge in [-0.25, -0.2) is 18.6 Å². The lowest BCUT2D eigenvalue weighted by molar-refractivity contribution is -0.275. The van der Waals surface area contributed by atoms with Crippen molar-refractivity contribution in [1.29, 1.82) is 0 Å². The van der Waals surface area contributed by atoms with E-state index in [1.807, 2.05) is 0 Å². The van der Waals surface area contributed by atoms with Crippen LogP contribution in [0.2, 0.25) is 0 Å². The Labute approximate surface area is 109 Å². The molecule has 0 atom stereocenters. The molecule has 0 amide bonds. The SMILES string of the molecule is COC(=O)c1c(OC)ncc(OC(F)(F)F)c1C(F)F. The van der Waals surface area contributed by atoms with Gasteiger partial charge in [0, 0.05) is 0 Å². The summed E-state index contributed by atoms with van der Waals surface area (Å²) in [5.41, 5.74) is -2.23. The van der Waals surface area contributed by atoms with Crippen molar-refractivity contribution in [2.45, 2.75) is 12.8 Å². The van der Waals surface area contributed by atoms with Gasteiger partial charge >= 0.3 is 12.3 Å². The maximum atomic E-state index is 12.9. The molecule has 0 N–H and O–H groups in total. The van der Waals surface area contributed by atoms with Crippen molar-refractivity contribution in [3.8, 4) is 11.6 Å². The minimum absolute atomic E-state index is 0.389. The molecule has 10 heteroatoms. The average Bonchev–Trinajstić information content (AvgIpc) is 2.34. The fourth-order valence-electron chi connectivity index (χ4n) is 1.37. The molecule has 5 nitrogen and oxygen atoms in total. The molecule has 0 bridgehead atoms. The summed E-state index contributed by atoms with van der Waals surface area (Å²) in [7, 11) is 1.88. The molecule has 1 rings (SSSR count). The summed E-state index contributed by atoms with van der Waals surface area (Å²) in [6.45, 7) is 0. The van der Waals surface area contributed by atoms with E-state index >= 15 is 0 Å². The molecule has 1 aromatic heterocycles. The van der Waals surface area contributed by atoms with Gasteiger partial charge in [-0.3, -0.25) is 0 Å². The fourth-order valence-corrected chi connectivity index (χ4v) is 1.37. The first-order valence-electron chi connectivity index (χ1n) is 4.90. The Morgan fingerprint density at radius 2 is 1.90 bits per heavy atom. The highest BCUT2D eigenvalue weighted by molar-refractivity contribution is 5.94. The highest BCUT2D eigenvalue weighted by Gasteiger charge is 2.36. The van der Waals surface area contributed by atoms with E-state index in [0.717, 1.165) is 14.2 Å². The van der Waals surface area contributed by atoms with Gasteiger partial charge in [0.05, 0.1) is 26.0 Å². The van der Waals surface area contributed by atoms with Crippen molar-refractivity contribution < 1.29 is 41.0 Å². The number of carbonyl (C=O) groups excluding carboxylic acids is 1. The zero-order valence-electron chi connectivity index (χ0n) is 10.1. The molecule has 1 aromatic rings. The number of pyridine rings is 1. The monoisotopic (exact) mass is 301 g/mol. The summed E-state index contributed by atoms with van der Waals surface area (Å²) in [5.74, 6) is -3.22. The number of hydrogen-bond donors (Lipinski definition) is 0. The number of esters is 1. The molecule has 0 unspecified atom stereocenters. The summed E-state index contributed by atoms with van der Waals surface area (Å²) >= 11 is 0. The molecule has 0 aliphatic carbocycles. The molecule has 20 heavy (non-hydrogen) atoms. The first-order chi connectivity index (χ1) is 9.21. The van der Waals surface area contributed by atoms with Crippen molar-refractivity contribution in [2.75, 3.05) is 14.2 Å². The van der Waals surface area contributed by atoms with Gasteiger partial charge in [0.25, 0.3) is 6.43 Å². The number of nitrogens with zero attached hydrogens (tertiary/aromatic N) is 1. The number of ether oxygens (including phenoxy) is 3. The Hall–Kier alpha value is -2.13. The van der Waals surface area contributed by atoms with E-state index in [1.54, 1.807) is 0 Å². The number of methoxy groups -OCH3 is 2. The third-order valence-corrected chi connectivity index (χ3v) is 2.07. The zero-order valence-corrected chi connectivity index (χ0v) is 10.1. The highest BCUT2D eigenvalue weighted by Crippen LogP contribution is 2.38. The van der Waals surface area contributed by atoms with E-state index in [1.165, 1.54) is 0 Å². The second-order valence-corrected chi connectivity index (χ2v) is 3.26. The van der Waals surface area contributed by atoms with Crippen molar-refractivity contribution in [2.24, 2.45) is 0 Å². The van der Waals surface area contributed by atoms with Crippen LogP contribution in [0.1, 0.15) is 22.3 Å². The summed E-state index contributed by atoms with van der Waals surface area (Å²) in [4.78, 5) is 14.7. The summed E-state index contributed by atoms with van der Waals surface area (Å²) in [6.07, 6.45) is -8.26. The first-order valence-corrected chi connectivity index (χ1v) is 4.90. The van der Waals surface area contributed by atoms with Gasteiger partial charge in [0.15, 0.2) is 5.75 Å². The number of aromatic nitrogens is 1. The van der Waals surface area contributed by atoms with Gasteiger partial charge in [-0.2, -0.15) is 0 Å². The quantitative estimate of drug-likeness (QED) is 0.632. The molecule has 0 aromatic carbocycles. The van der Waals surface area contributed by atoms with Crippen LogP contribution in [0.15, 0.2) is 6.20 Å². The van der Waals surface area contributed by atoms with Crippen LogP contribution in [0, 0.1) is 0 Å². The molecule has 0 aliphatic rings. The average molecular weight is 301 g/mol. The van der Waals surface area contributed by atoms with Crippen LogP contribution < -0.4 is 9.47 Å². The van der Waals surface area contributed by atoms with Gasteiger partial charge < -0.3 is 14.2 Å². The largest absolute Gasteiger partial charge is 0.573 e. The predicted molar refractivity (Wildman–Crippen MR) is 53.8 cm³/mol. The van der Waals surface area contributed by atoms with E-state index < -0.39 is 41.5 Å². The third-order valence-electron chi connectivity index (χ3n) is 2.07. The highest BCUT2D eigenvalue weighted by atomic mass is 19.4. The molecule has 0 saturated heterocycles. The van der Waals surface area contributed by atoms with E-state index in [4.69, 9.17) is 0 Å². The van der Waals surface area contributed by atoms with Gasteiger partial charge in [-0.15, -0.1) is 13.2 Å². The Morgan fingerprint density at radius 1 is 1.30 bits per heavy atom. The summed E-state index contributed by atoms with van der Waals surface area (Å²) in [5, 5.41) is 0. The molecule has 112 valence electrons. The third kappa shape index (κ3) is 3.45. The van der Waals surface area contributed by atoms with Crippen LogP contribution in [0.5, 0.6) is 11.6 Å². The fraction of sp³-hybridized carbons (Fsp3) is 0.400. The molecule has 0 radical (unpaired) electrons. The normalized spacial score (nSPS) is 11.4. The molecule has 0 saturated carbocycles. The lowest BCUT2D eigenvalue weighted by atomic mass is 10.1. The maximum absolute atomic E-state index is 12.9. The molecule has 0 fully saturated rings. The van der Waals surface area contributed by atoms with Crippen molar-refractivity contribution in [3.05, 3.63) is 17.3 Å². The number of hydrogen-bond acceptors (Lipinski definition) is 5. The maximum Gasteiger partial charge on any atom is 0.573 e. The smallest absolute Gasteiger partial charge is 0.480 e.